The highest BCUT2D eigenvalue weighted by Crippen LogP contribution is 2.36. The number of anilines is 3. The molecule has 0 heterocycles. The van der Waals surface area contributed by atoms with Crippen LogP contribution in [0.3, 0.4) is 0 Å². The number of nitro benzene ring substituents is 1. The normalized spacial score (nSPS) is 10.7. The third-order valence-electron chi connectivity index (χ3n) is 5.24. The fourth-order valence-electron chi connectivity index (χ4n) is 3.56. The van der Waals surface area contributed by atoms with Crippen LogP contribution in [0.1, 0.15) is 10.4 Å². The van der Waals surface area contributed by atoms with E-state index in [1.54, 1.807) is 30.3 Å². The lowest BCUT2D eigenvalue weighted by Gasteiger charge is -2.20. The van der Waals surface area contributed by atoms with Crippen molar-refractivity contribution in [3.8, 4) is 16.9 Å². The van der Waals surface area contributed by atoms with E-state index in [1.165, 1.54) is 42.5 Å². The molecule has 11 heteroatoms. The minimum atomic E-state index is -3.29. The largest absolute Gasteiger partial charge is 0.506 e. The van der Waals surface area contributed by atoms with E-state index in [0.717, 1.165) is 22.5 Å². The van der Waals surface area contributed by atoms with Gasteiger partial charge in [-0.05, 0) is 60.2 Å². The molecule has 9 nitrogen and oxygen atoms in total. The third kappa shape index (κ3) is 5.15. The number of nitrogens with one attached hydrogen (secondary N) is 1. The van der Waals surface area contributed by atoms with E-state index in [4.69, 9.17) is 0 Å². The highest BCUT2D eigenvalue weighted by atomic mass is 32.2. The van der Waals surface area contributed by atoms with Gasteiger partial charge in [0, 0.05) is 17.3 Å². The molecule has 0 unspecified atom stereocenters. The SMILES string of the molecule is O=C(Nc1ccc(O)c(N(c2ccc(F)cc2)[SH](=O)=O)c1)c1ccc(-c2ccccc2)c([N+](=O)[O-])c1. The standard InChI is InChI=1S/C25H18FN3O6S/c26-18-7-10-20(11-8-18)28(36(34)35)23-15-19(9-13-24(23)30)27-25(31)17-6-12-21(22(14-17)29(32)33)16-4-2-1-3-5-16/h1-15,30,36H,(H,27,31). The van der Waals surface area contributed by atoms with Crippen molar-refractivity contribution >= 4 is 39.5 Å². The molecule has 4 rings (SSSR count). The molecule has 0 aliphatic rings. The second-order valence-corrected chi connectivity index (χ2v) is 8.41. The molecule has 36 heavy (non-hydrogen) atoms. The summed E-state index contributed by atoms with van der Waals surface area (Å²) < 4.78 is 38.0. The Hall–Kier alpha value is -4.77. The van der Waals surface area contributed by atoms with Gasteiger partial charge in [0.05, 0.1) is 16.2 Å². The number of aromatic hydroxyl groups is 1. The van der Waals surface area contributed by atoms with Crippen molar-refractivity contribution in [1.82, 2.24) is 0 Å². The average Bonchev–Trinajstić information content (AvgIpc) is 2.87. The smallest absolute Gasteiger partial charge is 0.277 e. The number of carbonyl (C=O) groups is 1. The monoisotopic (exact) mass is 507 g/mol. The maximum Gasteiger partial charge on any atom is 0.277 e. The Bertz CT molecular complexity index is 1520. The van der Waals surface area contributed by atoms with Gasteiger partial charge in [0.15, 0.2) is 0 Å². The molecule has 0 saturated heterocycles. The number of amides is 1. The molecule has 0 radical (unpaired) electrons. The maximum absolute atomic E-state index is 13.3. The van der Waals surface area contributed by atoms with Crippen LogP contribution in [0.2, 0.25) is 0 Å². The molecular formula is C25H18FN3O6S. The van der Waals surface area contributed by atoms with E-state index in [-0.39, 0.29) is 28.3 Å². The van der Waals surface area contributed by atoms with E-state index in [2.05, 4.69) is 5.32 Å². The van der Waals surface area contributed by atoms with Gasteiger partial charge in [0.1, 0.15) is 17.3 Å². The van der Waals surface area contributed by atoms with Crippen molar-refractivity contribution in [3.63, 3.8) is 0 Å². The molecule has 0 bridgehead atoms. The quantitative estimate of drug-likeness (QED) is 0.139. The number of thiol groups is 1. The van der Waals surface area contributed by atoms with Gasteiger partial charge in [-0.15, -0.1) is 0 Å². The van der Waals surface area contributed by atoms with Crippen molar-refractivity contribution in [2.45, 2.75) is 0 Å². The molecular weight excluding hydrogens is 489 g/mol. The Kier molecular flexibility index (Phi) is 6.93. The first kappa shape index (κ1) is 24.4. The average molecular weight is 507 g/mol. The summed E-state index contributed by atoms with van der Waals surface area (Å²) in [5, 5.41) is 24.5. The second kappa shape index (κ2) is 10.2. The number of nitro groups is 1. The minimum absolute atomic E-state index is 0.00120. The number of hydrogen-bond donors (Lipinski definition) is 3. The molecule has 0 fully saturated rings. The fourth-order valence-corrected chi connectivity index (χ4v) is 4.22. The topological polar surface area (TPSA) is 130 Å². The number of nitrogens with zero attached hydrogens (tertiary/aromatic N) is 2. The van der Waals surface area contributed by atoms with E-state index >= 15 is 0 Å². The van der Waals surface area contributed by atoms with Crippen LogP contribution in [0.15, 0.2) is 91.0 Å². The van der Waals surface area contributed by atoms with Gasteiger partial charge < -0.3 is 10.4 Å². The second-order valence-electron chi connectivity index (χ2n) is 7.54. The lowest BCUT2D eigenvalue weighted by Crippen LogP contribution is -2.16. The summed E-state index contributed by atoms with van der Waals surface area (Å²) in [7, 11) is -3.29. The van der Waals surface area contributed by atoms with Gasteiger partial charge in [-0.25, -0.2) is 17.1 Å². The van der Waals surface area contributed by atoms with E-state index < -0.39 is 33.3 Å². The first-order valence-electron chi connectivity index (χ1n) is 10.4. The first-order valence-corrected chi connectivity index (χ1v) is 11.6. The summed E-state index contributed by atoms with van der Waals surface area (Å²) in [5.74, 6) is -1.66. The van der Waals surface area contributed by atoms with Crippen LogP contribution in [0, 0.1) is 15.9 Å². The predicted octanol–water partition coefficient (Wildman–Crippen LogP) is 5.02. The van der Waals surface area contributed by atoms with E-state index in [9.17, 15) is 32.8 Å². The van der Waals surface area contributed by atoms with Gasteiger partial charge in [0.25, 0.3) is 11.6 Å². The number of carbonyl (C=O) groups excluding carboxylic acids is 1. The van der Waals surface area contributed by atoms with E-state index in [1.807, 2.05) is 0 Å². The number of rotatable bonds is 7. The predicted molar refractivity (Wildman–Crippen MR) is 133 cm³/mol. The number of hydrogen-bond acceptors (Lipinski definition) is 6. The van der Waals surface area contributed by atoms with Crippen LogP contribution in [0.25, 0.3) is 11.1 Å². The fraction of sp³-hybridized carbons (Fsp3) is 0. The van der Waals surface area contributed by atoms with Gasteiger partial charge in [-0.1, -0.05) is 30.3 Å². The number of halogens is 1. The van der Waals surface area contributed by atoms with Crippen LogP contribution < -0.4 is 9.62 Å². The summed E-state index contributed by atoms with van der Waals surface area (Å²) in [4.78, 5) is 24.0. The van der Waals surface area contributed by atoms with Crippen LogP contribution in [-0.2, 0) is 10.9 Å². The highest BCUT2D eigenvalue weighted by molar-refractivity contribution is 7.74. The molecule has 1 amide bonds. The van der Waals surface area contributed by atoms with Crippen LogP contribution in [0.5, 0.6) is 5.75 Å². The van der Waals surface area contributed by atoms with Gasteiger partial charge in [-0.3, -0.25) is 14.9 Å². The summed E-state index contributed by atoms with van der Waals surface area (Å²) in [6.07, 6.45) is 0. The van der Waals surface area contributed by atoms with Crippen LogP contribution in [-0.4, -0.2) is 24.4 Å². The molecule has 0 aliphatic heterocycles. The summed E-state index contributed by atoms with van der Waals surface area (Å²) in [6, 6.07) is 21.1. The maximum atomic E-state index is 13.3. The molecule has 0 aromatic heterocycles. The number of benzene rings is 4. The summed E-state index contributed by atoms with van der Waals surface area (Å²) in [5.41, 5.74) is 0.712. The molecule has 182 valence electrons. The zero-order valence-electron chi connectivity index (χ0n) is 18.4. The summed E-state index contributed by atoms with van der Waals surface area (Å²) >= 11 is 0. The van der Waals surface area contributed by atoms with Crippen molar-refractivity contribution in [3.05, 3.63) is 112 Å². The van der Waals surface area contributed by atoms with Crippen molar-refractivity contribution in [1.29, 1.82) is 0 Å². The lowest BCUT2D eigenvalue weighted by atomic mass is 10.0. The summed E-state index contributed by atoms with van der Waals surface area (Å²) in [6.45, 7) is 0. The van der Waals surface area contributed by atoms with Gasteiger partial charge in [-0.2, -0.15) is 0 Å². The van der Waals surface area contributed by atoms with Gasteiger partial charge in [0.2, 0.25) is 10.9 Å². The molecule has 4 aromatic rings. The van der Waals surface area contributed by atoms with Crippen molar-refractivity contribution in [2.75, 3.05) is 9.62 Å². The zero-order chi connectivity index (χ0) is 25.8. The zero-order valence-corrected chi connectivity index (χ0v) is 19.3. The Labute approximate surface area is 206 Å². The van der Waals surface area contributed by atoms with Crippen molar-refractivity contribution < 1.29 is 27.6 Å². The Morgan fingerprint density at radius 3 is 2.28 bits per heavy atom. The molecule has 0 saturated carbocycles. The van der Waals surface area contributed by atoms with Crippen molar-refractivity contribution in [2.24, 2.45) is 0 Å². The lowest BCUT2D eigenvalue weighted by molar-refractivity contribution is -0.384. The minimum Gasteiger partial charge on any atom is -0.506 e. The third-order valence-corrected chi connectivity index (χ3v) is 6.01. The Morgan fingerprint density at radius 2 is 1.64 bits per heavy atom. The molecule has 4 aromatic carbocycles. The van der Waals surface area contributed by atoms with E-state index in [0.29, 0.717) is 11.1 Å². The number of phenols is 1. The molecule has 0 atom stereocenters. The molecule has 2 N–H and O–H groups in total. The molecule has 0 aliphatic carbocycles. The number of phenolic OH excluding ortho intramolecular Hbond substituents is 1. The first-order chi connectivity index (χ1) is 17.2. The highest BCUT2D eigenvalue weighted by Gasteiger charge is 2.20. The van der Waals surface area contributed by atoms with Gasteiger partial charge >= 0.3 is 0 Å². The Morgan fingerprint density at radius 1 is 0.944 bits per heavy atom. The Balaban J connectivity index is 1.66. The van der Waals surface area contributed by atoms with Crippen LogP contribution in [0.4, 0.5) is 27.1 Å². The van der Waals surface area contributed by atoms with Crippen LogP contribution >= 0.6 is 0 Å². The molecule has 0 spiro atoms.